The Morgan fingerprint density at radius 1 is 1.47 bits per heavy atom. The summed E-state index contributed by atoms with van der Waals surface area (Å²) in [5.74, 6) is -0.732. The number of carbonyl (C=O) groups is 1. The molecule has 0 saturated heterocycles. The fourth-order valence-corrected chi connectivity index (χ4v) is 1.24. The third-order valence-corrected chi connectivity index (χ3v) is 2.01. The number of hydrogen-bond acceptors (Lipinski definition) is 4. The van der Waals surface area contributed by atoms with Gasteiger partial charge in [-0.2, -0.15) is 18.3 Å². The van der Waals surface area contributed by atoms with Gasteiger partial charge in [-0.3, -0.25) is 0 Å². The van der Waals surface area contributed by atoms with Gasteiger partial charge in [-0.15, -0.1) is 0 Å². The predicted octanol–water partition coefficient (Wildman–Crippen LogP) is 1.53. The average molecular weight is 245 g/mol. The van der Waals surface area contributed by atoms with Crippen molar-refractivity contribution in [1.82, 2.24) is 14.6 Å². The van der Waals surface area contributed by atoms with Gasteiger partial charge in [0.05, 0.1) is 7.11 Å². The van der Waals surface area contributed by atoms with E-state index in [1.807, 2.05) is 0 Å². The maximum atomic E-state index is 12.4. The SMILES string of the molecule is COC(=O)c1cc2nc(C(F)(F)F)ccn2n1. The van der Waals surface area contributed by atoms with Gasteiger partial charge in [0.15, 0.2) is 11.3 Å². The zero-order valence-electron chi connectivity index (χ0n) is 8.52. The molecule has 0 aliphatic carbocycles. The van der Waals surface area contributed by atoms with Gasteiger partial charge in [-0.1, -0.05) is 0 Å². The van der Waals surface area contributed by atoms with Crippen LogP contribution in [0.15, 0.2) is 18.3 Å². The van der Waals surface area contributed by atoms with Crippen LogP contribution in [-0.2, 0) is 10.9 Å². The van der Waals surface area contributed by atoms with E-state index in [9.17, 15) is 18.0 Å². The lowest BCUT2D eigenvalue weighted by Gasteiger charge is -2.04. The van der Waals surface area contributed by atoms with E-state index in [0.29, 0.717) is 0 Å². The molecule has 2 rings (SSSR count). The number of aromatic nitrogens is 3. The number of hydrogen-bond donors (Lipinski definition) is 0. The maximum Gasteiger partial charge on any atom is 0.433 e. The third kappa shape index (κ3) is 2.05. The first-order valence-corrected chi connectivity index (χ1v) is 4.44. The van der Waals surface area contributed by atoms with Crippen molar-refractivity contribution in [3.05, 3.63) is 29.7 Å². The second kappa shape index (κ2) is 3.72. The molecule has 0 atom stereocenters. The van der Waals surface area contributed by atoms with Crippen LogP contribution in [0.25, 0.3) is 5.65 Å². The van der Waals surface area contributed by atoms with Crippen LogP contribution >= 0.6 is 0 Å². The minimum Gasteiger partial charge on any atom is -0.464 e. The van der Waals surface area contributed by atoms with E-state index in [4.69, 9.17) is 0 Å². The molecule has 0 saturated carbocycles. The van der Waals surface area contributed by atoms with Crippen LogP contribution in [0.5, 0.6) is 0 Å². The first-order chi connectivity index (χ1) is 7.91. The molecular formula is C9H6F3N3O2. The molecule has 0 unspecified atom stereocenters. The van der Waals surface area contributed by atoms with E-state index in [1.54, 1.807) is 0 Å². The molecule has 0 N–H and O–H groups in total. The summed E-state index contributed by atoms with van der Waals surface area (Å²) in [6, 6.07) is 1.90. The second-order valence-corrected chi connectivity index (χ2v) is 3.13. The summed E-state index contributed by atoms with van der Waals surface area (Å²) in [7, 11) is 1.15. The molecule has 0 spiro atoms. The van der Waals surface area contributed by atoms with Crippen LogP contribution in [0.2, 0.25) is 0 Å². The van der Waals surface area contributed by atoms with Crippen molar-refractivity contribution in [2.24, 2.45) is 0 Å². The number of methoxy groups -OCH3 is 1. The molecule has 5 nitrogen and oxygen atoms in total. The Balaban J connectivity index is 2.52. The molecule has 0 fully saturated rings. The minimum absolute atomic E-state index is 0.0692. The topological polar surface area (TPSA) is 56.5 Å². The number of ether oxygens (including phenoxy) is 1. The first kappa shape index (κ1) is 11.4. The monoisotopic (exact) mass is 245 g/mol. The normalized spacial score (nSPS) is 11.8. The van der Waals surface area contributed by atoms with E-state index < -0.39 is 17.8 Å². The average Bonchev–Trinajstić information content (AvgIpc) is 2.69. The fraction of sp³-hybridized carbons (Fsp3) is 0.222. The van der Waals surface area contributed by atoms with Crippen molar-refractivity contribution < 1.29 is 22.7 Å². The number of fused-ring (bicyclic) bond motifs is 1. The standard InChI is InChI=1S/C9H6F3N3O2/c1-17-8(16)5-4-7-13-6(9(10,11)12)2-3-15(7)14-5/h2-4H,1H3. The van der Waals surface area contributed by atoms with Gasteiger partial charge in [0, 0.05) is 12.3 Å². The van der Waals surface area contributed by atoms with Gasteiger partial charge in [0.2, 0.25) is 0 Å². The van der Waals surface area contributed by atoms with Crippen LogP contribution in [0.3, 0.4) is 0 Å². The molecule has 0 bridgehead atoms. The van der Waals surface area contributed by atoms with E-state index in [0.717, 1.165) is 30.0 Å². The predicted molar refractivity (Wildman–Crippen MR) is 49.3 cm³/mol. The lowest BCUT2D eigenvalue weighted by Crippen LogP contribution is -2.08. The van der Waals surface area contributed by atoms with Crippen LogP contribution in [0.1, 0.15) is 16.2 Å². The van der Waals surface area contributed by atoms with Gasteiger partial charge in [0.25, 0.3) is 0 Å². The van der Waals surface area contributed by atoms with Crippen LogP contribution < -0.4 is 0 Å². The number of carbonyl (C=O) groups excluding carboxylic acids is 1. The molecule has 8 heteroatoms. The summed E-state index contributed by atoms with van der Waals surface area (Å²) < 4.78 is 42.6. The summed E-state index contributed by atoms with van der Waals surface area (Å²) in [4.78, 5) is 14.5. The highest BCUT2D eigenvalue weighted by Gasteiger charge is 2.32. The largest absolute Gasteiger partial charge is 0.464 e. The Morgan fingerprint density at radius 2 is 2.18 bits per heavy atom. The molecule has 0 aliphatic heterocycles. The Bertz CT molecular complexity index is 576. The Morgan fingerprint density at radius 3 is 2.76 bits per heavy atom. The van der Waals surface area contributed by atoms with E-state index in [2.05, 4.69) is 14.8 Å². The van der Waals surface area contributed by atoms with Crippen LogP contribution in [0, 0.1) is 0 Å². The molecule has 0 amide bonds. The molecule has 2 heterocycles. The zero-order chi connectivity index (χ0) is 12.6. The molecule has 90 valence electrons. The number of nitrogens with zero attached hydrogens (tertiary/aromatic N) is 3. The second-order valence-electron chi connectivity index (χ2n) is 3.13. The molecule has 0 radical (unpaired) electrons. The van der Waals surface area contributed by atoms with E-state index in [1.165, 1.54) is 0 Å². The Hall–Kier alpha value is -2.12. The van der Waals surface area contributed by atoms with Gasteiger partial charge < -0.3 is 4.74 Å². The number of rotatable bonds is 1. The van der Waals surface area contributed by atoms with Gasteiger partial charge in [0.1, 0.15) is 5.69 Å². The summed E-state index contributed by atoms with van der Waals surface area (Å²) in [5, 5.41) is 3.72. The highest BCUT2D eigenvalue weighted by atomic mass is 19.4. The zero-order valence-corrected chi connectivity index (χ0v) is 8.52. The van der Waals surface area contributed by atoms with E-state index >= 15 is 0 Å². The van der Waals surface area contributed by atoms with Crippen molar-refractivity contribution in [3.8, 4) is 0 Å². The number of alkyl halides is 3. The van der Waals surface area contributed by atoms with Gasteiger partial charge >= 0.3 is 12.1 Å². The van der Waals surface area contributed by atoms with Crippen molar-refractivity contribution in [1.29, 1.82) is 0 Å². The fourth-order valence-electron chi connectivity index (χ4n) is 1.24. The van der Waals surface area contributed by atoms with Gasteiger partial charge in [-0.05, 0) is 6.07 Å². The van der Waals surface area contributed by atoms with Crippen molar-refractivity contribution in [2.45, 2.75) is 6.18 Å². The highest BCUT2D eigenvalue weighted by Crippen LogP contribution is 2.27. The summed E-state index contributed by atoms with van der Waals surface area (Å²) in [6.45, 7) is 0. The van der Waals surface area contributed by atoms with Crippen molar-refractivity contribution in [2.75, 3.05) is 7.11 Å². The third-order valence-electron chi connectivity index (χ3n) is 2.01. The van der Waals surface area contributed by atoms with E-state index in [-0.39, 0.29) is 11.3 Å². The summed E-state index contributed by atoms with van der Waals surface area (Å²) >= 11 is 0. The number of esters is 1. The van der Waals surface area contributed by atoms with Gasteiger partial charge in [-0.25, -0.2) is 14.3 Å². The lowest BCUT2D eigenvalue weighted by molar-refractivity contribution is -0.141. The van der Waals surface area contributed by atoms with Crippen molar-refractivity contribution in [3.63, 3.8) is 0 Å². The van der Waals surface area contributed by atoms with Crippen molar-refractivity contribution >= 4 is 11.6 Å². The highest BCUT2D eigenvalue weighted by molar-refractivity contribution is 5.88. The maximum absolute atomic E-state index is 12.4. The van der Waals surface area contributed by atoms with Crippen LogP contribution in [0.4, 0.5) is 13.2 Å². The molecule has 0 aliphatic rings. The number of halogens is 3. The molecule has 2 aromatic rings. The molecule has 0 aromatic carbocycles. The molecule has 17 heavy (non-hydrogen) atoms. The lowest BCUT2D eigenvalue weighted by atomic mass is 10.4. The smallest absolute Gasteiger partial charge is 0.433 e. The summed E-state index contributed by atoms with van der Waals surface area (Å²) in [6.07, 6.45) is -3.45. The quantitative estimate of drug-likeness (QED) is 0.715. The Labute approximate surface area is 92.8 Å². The molecule has 2 aromatic heterocycles. The minimum atomic E-state index is -4.53. The van der Waals surface area contributed by atoms with Crippen LogP contribution in [-0.4, -0.2) is 27.7 Å². The molecular weight excluding hydrogens is 239 g/mol. The first-order valence-electron chi connectivity index (χ1n) is 4.44. The summed E-state index contributed by atoms with van der Waals surface area (Å²) in [5.41, 5.74) is -1.21. The Kier molecular flexibility index (Phi) is 2.49.